The van der Waals surface area contributed by atoms with Crippen molar-refractivity contribution in [3.05, 3.63) is 28.8 Å². The zero-order valence-corrected chi connectivity index (χ0v) is 11.1. The molecule has 1 aliphatic heterocycles. The lowest BCUT2D eigenvalue weighted by atomic mass is 10.1. The average Bonchev–Trinajstić information content (AvgIpc) is 2.30. The van der Waals surface area contributed by atoms with Crippen LogP contribution in [0.15, 0.2) is 18.2 Å². The summed E-state index contributed by atoms with van der Waals surface area (Å²) in [6.07, 6.45) is -0.00180. The van der Waals surface area contributed by atoms with E-state index < -0.39 is 0 Å². The molecule has 0 spiro atoms. The van der Waals surface area contributed by atoms with Crippen LogP contribution in [0.4, 0.5) is 0 Å². The molecule has 0 radical (unpaired) electrons. The van der Waals surface area contributed by atoms with Crippen LogP contribution in [-0.4, -0.2) is 41.2 Å². The molecule has 1 aliphatic rings. The van der Waals surface area contributed by atoms with Crippen LogP contribution in [0.1, 0.15) is 24.2 Å². The lowest BCUT2D eigenvalue weighted by Crippen LogP contribution is -2.48. The minimum Gasteiger partial charge on any atom is -0.507 e. The Morgan fingerprint density at radius 3 is 2.61 bits per heavy atom. The Hall–Kier alpha value is -1.26. The predicted octanol–water partition coefficient (Wildman–Crippen LogP) is 2.29. The Labute approximate surface area is 111 Å². The highest BCUT2D eigenvalue weighted by molar-refractivity contribution is 6.31. The van der Waals surface area contributed by atoms with Crippen LogP contribution >= 0.6 is 11.6 Å². The maximum Gasteiger partial charge on any atom is 0.257 e. The van der Waals surface area contributed by atoms with Crippen molar-refractivity contribution in [2.45, 2.75) is 26.1 Å². The number of aromatic hydroxyl groups is 1. The Morgan fingerprint density at radius 2 is 2.00 bits per heavy atom. The van der Waals surface area contributed by atoms with E-state index in [1.54, 1.807) is 11.0 Å². The van der Waals surface area contributed by atoms with Gasteiger partial charge in [0, 0.05) is 18.1 Å². The zero-order valence-electron chi connectivity index (χ0n) is 10.4. The van der Waals surface area contributed by atoms with E-state index in [2.05, 4.69) is 0 Å². The normalized spacial score (nSPS) is 24.1. The monoisotopic (exact) mass is 269 g/mol. The maximum absolute atomic E-state index is 12.3. The van der Waals surface area contributed by atoms with Crippen LogP contribution in [0.2, 0.25) is 5.02 Å². The number of benzene rings is 1. The quantitative estimate of drug-likeness (QED) is 0.851. The molecule has 1 heterocycles. The minimum absolute atomic E-state index is 0.000901. The first-order valence-corrected chi connectivity index (χ1v) is 6.28. The summed E-state index contributed by atoms with van der Waals surface area (Å²) in [6, 6.07) is 4.48. The topological polar surface area (TPSA) is 49.8 Å². The highest BCUT2D eigenvalue weighted by atomic mass is 35.5. The number of carbonyl (C=O) groups is 1. The van der Waals surface area contributed by atoms with Gasteiger partial charge < -0.3 is 14.7 Å². The summed E-state index contributed by atoms with van der Waals surface area (Å²) < 4.78 is 5.57. The Bertz CT molecular complexity index is 454. The number of nitrogens with zero attached hydrogens (tertiary/aromatic N) is 1. The van der Waals surface area contributed by atoms with Gasteiger partial charge in [-0.3, -0.25) is 4.79 Å². The van der Waals surface area contributed by atoms with Gasteiger partial charge in [-0.2, -0.15) is 0 Å². The molecule has 1 N–H and O–H groups in total. The molecular weight excluding hydrogens is 254 g/mol. The molecule has 1 aromatic carbocycles. The van der Waals surface area contributed by atoms with Gasteiger partial charge in [0.25, 0.3) is 5.91 Å². The van der Waals surface area contributed by atoms with Crippen molar-refractivity contribution in [2.75, 3.05) is 13.1 Å². The van der Waals surface area contributed by atoms with Gasteiger partial charge in [-0.05, 0) is 32.0 Å². The molecule has 2 rings (SSSR count). The first kappa shape index (κ1) is 13.2. The Kier molecular flexibility index (Phi) is 3.78. The number of phenols is 1. The van der Waals surface area contributed by atoms with E-state index in [0.29, 0.717) is 18.1 Å². The molecule has 5 heteroatoms. The SMILES string of the molecule is C[C@H]1CN(C(=O)c2cc(Cl)ccc2O)C[C@H](C)O1. The lowest BCUT2D eigenvalue weighted by Gasteiger charge is -2.35. The largest absolute Gasteiger partial charge is 0.507 e. The summed E-state index contributed by atoms with van der Waals surface area (Å²) in [4.78, 5) is 14.0. The molecule has 2 atom stereocenters. The molecular formula is C13H16ClNO3. The Balaban J connectivity index is 2.22. The van der Waals surface area contributed by atoms with Gasteiger partial charge in [-0.25, -0.2) is 0 Å². The van der Waals surface area contributed by atoms with Gasteiger partial charge in [-0.15, -0.1) is 0 Å². The van der Waals surface area contributed by atoms with Crippen LogP contribution < -0.4 is 0 Å². The van der Waals surface area contributed by atoms with Gasteiger partial charge in [0.05, 0.1) is 17.8 Å². The number of hydrogen-bond donors (Lipinski definition) is 1. The second-order valence-electron chi connectivity index (χ2n) is 4.63. The van der Waals surface area contributed by atoms with Gasteiger partial charge in [-0.1, -0.05) is 11.6 Å². The number of rotatable bonds is 1. The second kappa shape index (κ2) is 5.16. The number of ether oxygens (including phenoxy) is 1. The van der Waals surface area contributed by atoms with Crippen molar-refractivity contribution in [3.8, 4) is 5.75 Å². The van der Waals surface area contributed by atoms with E-state index in [-0.39, 0.29) is 29.4 Å². The highest BCUT2D eigenvalue weighted by Crippen LogP contribution is 2.24. The fourth-order valence-corrected chi connectivity index (χ4v) is 2.37. The summed E-state index contributed by atoms with van der Waals surface area (Å²) in [5.74, 6) is -0.256. The minimum atomic E-state index is -0.211. The number of carbonyl (C=O) groups excluding carboxylic acids is 1. The first-order valence-electron chi connectivity index (χ1n) is 5.90. The van der Waals surface area contributed by atoms with Crippen molar-refractivity contribution in [1.29, 1.82) is 0 Å². The average molecular weight is 270 g/mol. The molecule has 0 saturated carbocycles. The molecule has 0 aliphatic carbocycles. The van der Waals surface area contributed by atoms with Crippen molar-refractivity contribution in [1.82, 2.24) is 4.90 Å². The third-order valence-electron chi connectivity index (χ3n) is 2.90. The summed E-state index contributed by atoms with van der Waals surface area (Å²) >= 11 is 5.85. The number of halogens is 1. The van der Waals surface area contributed by atoms with E-state index in [1.807, 2.05) is 13.8 Å². The lowest BCUT2D eigenvalue weighted by molar-refractivity contribution is -0.0586. The van der Waals surface area contributed by atoms with E-state index in [0.717, 1.165) is 0 Å². The second-order valence-corrected chi connectivity index (χ2v) is 5.07. The fourth-order valence-electron chi connectivity index (χ4n) is 2.19. The molecule has 1 amide bonds. The van der Waals surface area contributed by atoms with Crippen LogP contribution in [-0.2, 0) is 4.74 Å². The van der Waals surface area contributed by atoms with Crippen LogP contribution in [0.5, 0.6) is 5.75 Å². The van der Waals surface area contributed by atoms with Crippen molar-refractivity contribution in [3.63, 3.8) is 0 Å². The van der Waals surface area contributed by atoms with Crippen LogP contribution in [0, 0.1) is 0 Å². The molecule has 1 aromatic rings. The van der Waals surface area contributed by atoms with E-state index in [4.69, 9.17) is 16.3 Å². The van der Waals surface area contributed by atoms with Gasteiger partial charge >= 0.3 is 0 Å². The van der Waals surface area contributed by atoms with Gasteiger partial charge in [0.15, 0.2) is 0 Å². The Morgan fingerprint density at radius 1 is 1.39 bits per heavy atom. The highest BCUT2D eigenvalue weighted by Gasteiger charge is 2.27. The smallest absolute Gasteiger partial charge is 0.257 e. The van der Waals surface area contributed by atoms with E-state index >= 15 is 0 Å². The van der Waals surface area contributed by atoms with Crippen LogP contribution in [0.3, 0.4) is 0 Å². The number of amides is 1. The molecule has 1 fully saturated rings. The summed E-state index contributed by atoms with van der Waals surface area (Å²) in [6.45, 7) is 4.89. The fraction of sp³-hybridized carbons (Fsp3) is 0.462. The first-order chi connectivity index (χ1) is 8.47. The summed E-state index contributed by atoms with van der Waals surface area (Å²) in [5, 5.41) is 10.2. The van der Waals surface area contributed by atoms with Crippen molar-refractivity contribution in [2.24, 2.45) is 0 Å². The molecule has 1 saturated heterocycles. The molecule has 0 unspecified atom stereocenters. The zero-order chi connectivity index (χ0) is 13.3. The van der Waals surface area contributed by atoms with Gasteiger partial charge in [0.2, 0.25) is 0 Å². The number of hydrogen-bond acceptors (Lipinski definition) is 3. The predicted molar refractivity (Wildman–Crippen MR) is 69.0 cm³/mol. The number of morpholine rings is 1. The van der Waals surface area contributed by atoms with Gasteiger partial charge in [0.1, 0.15) is 5.75 Å². The molecule has 98 valence electrons. The molecule has 18 heavy (non-hydrogen) atoms. The van der Waals surface area contributed by atoms with Crippen molar-refractivity contribution < 1.29 is 14.6 Å². The number of phenolic OH excluding ortho intramolecular Hbond substituents is 1. The molecule has 4 nitrogen and oxygen atoms in total. The van der Waals surface area contributed by atoms with E-state index in [1.165, 1.54) is 12.1 Å². The van der Waals surface area contributed by atoms with Crippen molar-refractivity contribution >= 4 is 17.5 Å². The standard InChI is InChI=1S/C13H16ClNO3/c1-8-6-15(7-9(2)18-8)13(17)11-5-10(14)3-4-12(11)16/h3-5,8-9,16H,6-7H2,1-2H3/t8-,9-/m0/s1. The van der Waals surface area contributed by atoms with E-state index in [9.17, 15) is 9.90 Å². The third-order valence-corrected chi connectivity index (χ3v) is 3.13. The summed E-state index contributed by atoms with van der Waals surface area (Å²) in [5.41, 5.74) is 0.240. The van der Waals surface area contributed by atoms with Crippen LogP contribution in [0.25, 0.3) is 0 Å². The summed E-state index contributed by atoms with van der Waals surface area (Å²) in [7, 11) is 0. The molecule has 0 aromatic heterocycles. The maximum atomic E-state index is 12.3. The third kappa shape index (κ3) is 2.76. The molecule has 0 bridgehead atoms.